The van der Waals surface area contributed by atoms with Gasteiger partial charge in [-0.05, 0) is 66.0 Å². The van der Waals surface area contributed by atoms with Crippen LogP contribution in [0.5, 0.6) is 0 Å². The molecule has 2 saturated heterocycles. The first-order valence-electron chi connectivity index (χ1n) is 12.1. The fourth-order valence-corrected chi connectivity index (χ4v) is 5.07. The Morgan fingerprint density at radius 3 is 2.38 bits per heavy atom. The highest BCUT2D eigenvalue weighted by Crippen LogP contribution is 2.27. The van der Waals surface area contributed by atoms with Crippen molar-refractivity contribution < 1.29 is 4.79 Å². The fraction of sp³-hybridized carbons (Fsp3) is 0.913. The van der Waals surface area contributed by atoms with Gasteiger partial charge in [0.25, 0.3) is 0 Å². The number of nitrogens with zero attached hydrogens (tertiary/aromatic N) is 3. The number of carbonyl (C=O) groups is 1. The highest BCUT2D eigenvalue weighted by Gasteiger charge is 2.32. The molecule has 2 N–H and O–H groups in total. The van der Waals surface area contributed by atoms with Gasteiger partial charge < -0.3 is 15.5 Å². The van der Waals surface area contributed by atoms with Crippen LogP contribution in [-0.4, -0.2) is 72.5 Å². The van der Waals surface area contributed by atoms with E-state index in [2.05, 4.69) is 41.2 Å². The molecular weight excluding hydrogens is 362 g/mol. The first kappa shape index (κ1) is 22.4. The quantitative estimate of drug-likeness (QED) is 0.527. The van der Waals surface area contributed by atoms with Crippen molar-refractivity contribution in [1.29, 1.82) is 0 Å². The average molecular weight is 406 g/mol. The van der Waals surface area contributed by atoms with Crippen molar-refractivity contribution in [1.82, 2.24) is 20.4 Å². The number of nitrogens with one attached hydrogen (secondary N) is 2. The van der Waals surface area contributed by atoms with Crippen LogP contribution in [0.2, 0.25) is 0 Å². The second-order valence-electron chi connectivity index (χ2n) is 9.80. The summed E-state index contributed by atoms with van der Waals surface area (Å²) in [5.74, 6) is 1.56. The van der Waals surface area contributed by atoms with E-state index in [0.29, 0.717) is 11.9 Å². The van der Waals surface area contributed by atoms with E-state index in [4.69, 9.17) is 4.99 Å². The van der Waals surface area contributed by atoms with Crippen molar-refractivity contribution in [2.75, 3.05) is 39.3 Å². The lowest BCUT2D eigenvalue weighted by Gasteiger charge is -2.40. The van der Waals surface area contributed by atoms with E-state index in [-0.39, 0.29) is 11.5 Å². The Balaban J connectivity index is 1.51. The molecule has 1 saturated carbocycles. The Labute approximate surface area is 177 Å². The molecule has 3 fully saturated rings. The number of guanidine groups is 1. The zero-order valence-electron chi connectivity index (χ0n) is 19.0. The zero-order valence-corrected chi connectivity index (χ0v) is 19.0. The smallest absolute Gasteiger partial charge is 0.225 e. The summed E-state index contributed by atoms with van der Waals surface area (Å²) in [5.41, 5.74) is 0.0848. The van der Waals surface area contributed by atoms with Crippen LogP contribution >= 0.6 is 0 Å². The van der Waals surface area contributed by atoms with Crippen molar-refractivity contribution in [3.8, 4) is 0 Å². The summed E-state index contributed by atoms with van der Waals surface area (Å²) < 4.78 is 0. The molecule has 0 aromatic rings. The lowest BCUT2D eigenvalue weighted by Crippen LogP contribution is -2.50. The predicted octanol–water partition coefficient (Wildman–Crippen LogP) is 2.99. The lowest BCUT2D eigenvalue weighted by molar-refractivity contribution is -0.135. The van der Waals surface area contributed by atoms with Gasteiger partial charge in [-0.2, -0.15) is 0 Å². The number of hydrogen-bond acceptors (Lipinski definition) is 3. The molecule has 3 aliphatic rings. The third-order valence-corrected chi connectivity index (χ3v) is 6.98. The molecular formula is C23H43N5O. The van der Waals surface area contributed by atoms with E-state index in [1.54, 1.807) is 0 Å². The SMILES string of the molecule is CCNC(=NCC(C)(C)N1CCCCC1)NC1CCN(C(=O)C2CCCCC2)C1. The number of aliphatic imine (C=N–C) groups is 1. The maximum absolute atomic E-state index is 12.8. The van der Waals surface area contributed by atoms with E-state index >= 15 is 0 Å². The molecule has 1 unspecified atom stereocenters. The first-order valence-corrected chi connectivity index (χ1v) is 12.1. The third-order valence-electron chi connectivity index (χ3n) is 6.98. The second kappa shape index (κ2) is 10.6. The van der Waals surface area contributed by atoms with Crippen molar-refractivity contribution in [2.24, 2.45) is 10.9 Å². The molecule has 6 heteroatoms. The maximum atomic E-state index is 12.8. The van der Waals surface area contributed by atoms with Gasteiger partial charge in [-0.25, -0.2) is 0 Å². The molecule has 1 atom stereocenters. The summed E-state index contributed by atoms with van der Waals surface area (Å²) in [4.78, 5) is 22.4. The Bertz CT molecular complexity index is 549. The molecule has 2 aliphatic heterocycles. The second-order valence-corrected chi connectivity index (χ2v) is 9.80. The van der Waals surface area contributed by atoms with Crippen molar-refractivity contribution in [3.05, 3.63) is 0 Å². The summed E-state index contributed by atoms with van der Waals surface area (Å²) in [5, 5.41) is 7.02. The number of amides is 1. The minimum absolute atomic E-state index is 0.0848. The zero-order chi connectivity index (χ0) is 20.7. The molecule has 166 valence electrons. The highest BCUT2D eigenvalue weighted by atomic mass is 16.2. The third kappa shape index (κ3) is 6.34. The Morgan fingerprint density at radius 2 is 1.69 bits per heavy atom. The van der Waals surface area contributed by atoms with Gasteiger partial charge in [0.2, 0.25) is 5.91 Å². The van der Waals surface area contributed by atoms with Gasteiger partial charge in [-0.3, -0.25) is 14.7 Å². The first-order chi connectivity index (χ1) is 14.0. The van der Waals surface area contributed by atoms with Crippen LogP contribution in [0, 0.1) is 5.92 Å². The summed E-state index contributed by atoms with van der Waals surface area (Å²) in [6, 6.07) is 0.304. The van der Waals surface area contributed by atoms with Crippen LogP contribution in [0.15, 0.2) is 4.99 Å². The van der Waals surface area contributed by atoms with Crippen molar-refractivity contribution >= 4 is 11.9 Å². The molecule has 0 bridgehead atoms. The monoisotopic (exact) mass is 405 g/mol. The van der Waals surface area contributed by atoms with Gasteiger partial charge in [0.1, 0.15) is 0 Å². The van der Waals surface area contributed by atoms with Gasteiger partial charge in [0.15, 0.2) is 5.96 Å². The number of hydrogen-bond donors (Lipinski definition) is 2. The van der Waals surface area contributed by atoms with Gasteiger partial charge in [0, 0.05) is 37.1 Å². The molecule has 1 aliphatic carbocycles. The van der Waals surface area contributed by atoms with E-state index < -0.39 is 0 Å². The highest BCUT2D eigenvalue weighted by molar-refractivity contribution is 5.81. The molecule has 0 spiro atoms. The molecule has 3 rings (SSSR count). The van der Waals surface area contributed by atoms with Crippen LogP contribution in [0.4, 0.5) is 0 Å². The van der Waals surface area contributed by atoms with Crippen LogP contribution in [0.3, 0.4) is 0 Å². The van der Waals surface area contributed by atoms with Gasteiger partial charge in [0.05, 0.1) is 6.54 Å². The minimum Gasteiger partial charge on any atom is -0.357 e. The minimum atomic E-state index is 0.0848. The molecule has 0 aromatic carbocycles. The van der Waals surface area contributed by atoms with E-state index in [1.807, 2.05) is 0 Å². The topological polar surface area (TPSA) is 60.0 Å². The molecule has 29 heavy (non-hydrogen) atoms. The molecule has 0 radical (unpaired) electrons. The molecule has 1 amide bonds. The van der Waals surface area contributed by atoms with Crippen LogP contribution in [-0.2, 0) is 4.79 Å². The summed E-state index contributed by atoms with van der Waals surface area (Å²) >= 11 is 0. The maximum Gasteiger partial charge on any atom is 0.225 e. The summed E-state index contributed by atoms with van der Waals surface area (Å²) in [7, 11) is 0. The standard InChI is InChI=1S/C23H43N5O/c1-4-24-22(25-18-23(2,3)28-14-9-6-10-15-28)26-20-13-16-27(17-20)21(29)19-11-7-5-8-12-19/h19-20H,4-18H2,1-3H3,(H2,24,25,26). The Hall–Kier alpha value is -1.30. The lowest BCUT2D eigenvalue weighted by atomic mass is 9.88. The van der Waals surface area contributed by atoms with E-state index in [1.165, 1.54) is 51.6 Å². The van der Waals surface area contributed by atoms with Crippen LogP contribution in [0.25, 0.3) is 0 Å². The van der Waals surface area contributed by atoms with Gasteiger partial charge in [-0.1, -0.05) is 25.7 Å². The molecule has 0 aromatic heterocycles. The number of piperidine rings is 1. The predicted molar refractivity (Wildman–Crippen MR) is 120 cm³/mol. The van der Waals surface area contributed by atoms with Gasteiger partial charge in [-0.15, -0.1) is 0 Å². The number of likely N-dealkylation sites (tertiary alicyclic amines) is 2. The summed E-state index contributed by atoms with van der Waals surface area (Å²) in [6.07, 6.45) is 10.9. The Morgan fingerprint density at radius 1 is 1.00 bits per heavy atom. The van der Waals surface area contributed by atoms with Crippen molar-refractivity contribution in [3.63, 3.8) is 0 Å². The van der Waals surface area contributed by atoms with Crippen LogP contribution < -0.4 is 10.6 Å². The molecule has 6 nitrogen and oxygen atoms in total. The summed E-state index contributed by atoms with van der Waals surface area (Å²) in [6.45, 7) is 12.5. The number of carbonyl (C=O) groups excluding carboxylic acids is 1. The average Bonchev–Trinajstić information content (AvgIpc) is 3.21. The fourth-order valence-electron chi connectivity index (χ4n) is 5.07. The molecule has 2 heterocycles. The Kier molecular flexibility index (Phi) is 8.22. The van der Waals surface area contributed by atoms with E-state index in [9.17, 15) is 4.79 Å². The normalized spacial score (nSPS) is 25.3. The number of rotatable bonds is 6. The van der Waals surface area contributed by atoms with Crippen LogP contribution in [0.1, 0.15) is 78.6 Å². The van der Waals surface area contributed by atoms with Crippen molar-refractivity contribution in [2.45, 2.75) is 90.1 Å². The van der Waals surface area contributed by atoms with E-state index in [0.717, 1.165) is 51.4 Å². The van der Waals surface area contributed by atoms with Gasteiger partial charge >= 0.3 is 0 Å². The largest absolute Gasteiger partial charge is 0.357 e.